The van der Waals surface area contributed by atoms with E-state index in [2.05, 4.69) is 133 Å². The molecule has 43 heavy (non-hydrogen) atoms. The number of hydrogen-bond acceptors (Lipinski definition) is 3. The Hall–Kier alpha value is -5.38. The minimum Gasteiger partial charge on any atom is -0.228 e. The molecule has 0 atom stereocenters. The summed E-state index contributed by atoms with van der Waals surface area (Å²) in [7, 11) is 0. The van der Waals surface area contributed by atoms with Crippen LogP contribution in [0, 0.1) is 0 Å². The Morgan fingerprint density at radius 1 is 0.372 bits per heavy atom. The van der Waals surface area contributed by atoms with Crippen LogP contribution in [0.3, 0.4) is 0 Å². The van der Waals surface area contributed by atoms with Crippen LogP contribution in [-0.2, 0) is 0 Å². The number of benzene rings is 6. The van der Waals surface area contributed by atoms with E-state index in [9.17, 15) is 0 Å². The summed E-state index contributed by atoms with van der Waals surface area (Å²) >= 11 is 1.85. The molecule has 0 fully saturated rings. The Kier molecular flexibility index (Phi) is 6.36. The fraction of sp³-hybridized carbons (Fsp3) is 0. The van der Waals surface area contributed by atoms with Gasteiger partial charge in [-0.3, -0.25) is 0 Å². The lowest BCUT2D eigenvalue weighted by Crippen LogP contribution is -1.97. The molecule has 8 aromatic rings. The van der Waals surface area contributed by atoms with Gasteiger partial charge in [0.15, 0.2) is 5.82 Å². The van der Waals surface area contributed by atoms with Crippen molar-refractivity contribution in [3.63, 3.8) is 0 Å². The van der Waals surface area contributed by atoms with Gasteiger partial charge >= 0.3 is 0 Å². The van der Waals surface area contributed by atoms with Crippen molar-refractivity contribution in [1.29, 1.82) is 0 Å². The summed E-state index contributed by atoms with van der Waals surface area (Å²) in [6.45, 7) is 0. The molecule has 0 aliphatic heterocycles. The van der Waals surface area contributed by atoms with Gasteiger partial charge in [-0.05, 0) is 46.5 Å². The van der Waals surface area contributed by atoms with E-state index in [1.165, 1.54) is 36.9 Å². The van der Waals surface area contributed by atoms with E-state index in [4.69, 9.17) is 9.97 Å². The molecule has 0 spiro atoms. The average molecular weight is 567 g/mol. The van der Waals surface area contributed by atoms with Crippen LogP contribution in [0.4, 0.5) is 0 Å². The maximum Gasteiger partial charge on any atom is 0.160 e. The first kappa shape index (κ1) is 25.3. The van der Waals surface area contributed by atoms with Gasteiger partial charge in [0, 0.05) is 36.9 Å². The number of nitrogens with zero attached hydrogens (tertiary/aromatic N) is 2. The number of fused-ring (bicyclic) bond motifs is 3. The lowest BCUT2D eigenvalue weighted by molar-refractivity contribution is 1.18. The molecule has 0 bridgehead atoms. The highest BCUT2D eigenvalue weighted by Crippen LogP contribution is 2.43. The molecule has 0 saturated heterocycles. The Morgan fingerprint density at radius 3 is 1.79 bits per heavy atom. The quantitative estimate of drug-likeness (QED) is 0.207. The monoisotopic (exact) mass is 566 g/mol. The fourth-order valence-electron chi connectivity index (χ4n) is 5.88. The van der Waals surface area contributed by atoms with E-state index in [-0.39, 0.29) is 0 Å². The second kappa shape index (κ2) is 10.8. The molecule has 0 N–H and O–H groups in total. The maximum absolute atomic E-state index is 5.19. The first-order chi connectivity index (χ1) is 21.3. The normalized spacial score (nSPS) is 11.3. The molecule has 0 radical (unpaired) electrons. The van der Waals surface area contributed by atoms with Gasteiger partial charge in [0.05, 0.1) is 11.4 Å². The van der Waals surface area contributed by atoms with Gasteiger partial charge in [-0.15, -0.1) is 11.3 Å². The van der Waals surface area contributed by atoms with Crippen LogP contribution in [-0.4, -0.2) is 9.97 Å². The highest BCUT2D eigenvalue weighted by Gasteiger charge is 2.17. The Morgan fingerprint density at radius 2 is 0.953 bits per heavy atom. The molecule has 2 aromatic heterocycles. The van der Waals surface area contributed by atoms with Gasteiger partial charge < -0.3 is 0 Å². The molecule has 0 aliphatic rings. The molecule has 6 aromatic carbocycles. The van der Waals surface area contributed by atoms with E-state index >= 15 is 0 Å². The maximum atomic E-state index is 5.19. The van der Waals surface area contributed by atoms with Gasteiger partial charge in [0.1, 0.15) is 0 Å². The molecular formula is C40H26N2S. The van der Waals surface area contributed by atoms with E-state index in [1.807, 2.05) is 35.6 Å². The van der Waals surface area contributed by atoms with Crippen molar-refractivity contribution in [3.8, 4) is 56.2 Å². The van der Waals surface area contributed by atoms with Crippen molar-refractivity contribution in [2.75, 3.05) is 0 Å². The van der Waals surface area contributed by atoms with Gasteiger partial charge in [-0.1, -0.05) is 133 Å². The summed E-state index contributed by atoms with van der Waals surface area (Å²) in [5.74, 6) is 0.715. The van der Waals surface area contributed by atoms with Crippen LogP contribution < -0.4 is 0 Å². The topological polar surface area (TPSA) is 25.8 Å². The second-order valence-electron chi connectivity index (χ2n) is 10.6. The van der Waals surface area contributed by atoms with Crippen LogP contribution in [0.2, 0.25) is 0 Å². The summed E-state index contributed by atoms with van der Waals surface area (Å²) in [5.41, 5.74) is 9.68. The zero-order valence-electron chi connectivity index (χ0n) is 23.3. The average Bonchev–Trinajstić information content (AvgIpc) is 3.48. The Balaban J connectivity index is 1.35. The number of thiophene rings is 1. The van der Waals surface area contributed by atoms with Crippen molar-refractivity contribution in [2.45, 2.75) is 0 Å². The van der Waals surface area contributed by atoms with Crippen LogP contribution in [0.1, 0.15) is 0 Å². The van der Waals surface area contributed by atoms with E-state index in [0.717, 1.165) is 33.6 Å². The molecule has 202 valence electrons. The predicted molar refractivity (Wildman–Crippen MR) is 182 cm³/mol. The highest BCUT2D eigenvalue weighted by atomic mass is 32.1. The van der Waals surface area contributed by atoms with Gasteiger partial charge in [0.2, 0.25) is 0 Å². The number of aromatic nitrogens is 2. The second-order valence-corrected chi connectivity index (χ2v) is 11.7. The third-order valence-corrected chi connectivity index (χ3v) is 9.06. The summed E-state index contributed by atoms with van der Waals surface area (Å²) < 4.78 is 2.59. The predicted octanol–water partition coefficient (Wildman–Crippen LogP) is 11.2. The van der Waals surface area contributed by atoms with E-state index in [1.54, 1.807) is 0 Å². The first-order valence-corrected chi connectivity index (χ1v) is 15.2. The van der Waals surface area contributed by atoms with Crippen LogP contribution in [0.15, 0.2) is 158 Å². The lowest BCUT2D eigenvalue weighted by Gasteiger charge is -2.14. The smallest absolute Gasteiger partial charge is 0.160 e. The fourth-order valence-corrected chi connectivity index (χ4v) is 7.01. The zero-order valence-corrected chi connectivity index (χ0v) is 24.1. The van der Waals surface area contributed by atoms with Gasteiger partial charge in [-0.2, -0.15) is 0 Å². The molecule has 2 nitrogen and oxygen atoms in total. The van der Waals surface area contributed by atoms with Crippen molar-refractivity contribution in [2.24, 2.45) is 0 Å². The minimum absolute atomic E-state index is 0.715. The summed E-state index contributed by atoms with van der Waals surface area (Å²) in [6.07, 6.45) is 0. The number of rotatable bonds is 5. The van der Waals surface area contributed by atoms with Crippen molar-refractivity contribution in [1.82, 2.24) is 9.97 Å². The largest absolute Gasteiger partial charge is 0.228 e. The van der Waals surface area contributed by atoms with Gasteiger partial charge in [0.25, 0.3) is 0 Å². The van der Waals surface area contributed by atoms with Crippen LogP contribution in [0.5, 0.6) is 0 Å². The third kappa shape index (κ3) is 4.70. The molecule has 0 saturated carbocycles. The molecule has 0 aliphatic carbocycles. The molecule has 0 amide bonds. The Labute approximate surface area is 254 Å². The van der Waals surface area contributed by atoms with Crippen molar-refractivity contribution in [3.05, 3.63) is 158 Å². The standard InChI is InChI=1S/C40H26N2S/c1-3-13-27(14-4-1)29-17-11-18-30(25-29)35-26-36(42-40(41-35)28-15-5-2-6-16-28)32-20-8-7-19-31(32)33-22-12-24-38-39(33)34-21-9-10-23-37(34)43-38/h1-26H. The van der Waals surface area contributed by atoms with Crippen molar-refractivity contribution < 1.29 is 0 Å². The molecular weight excluding hydrogens is 541 g/mol. The summed E-state index contributed by atoms with van der Waals surface area (Å²) in [6, 6.07) is 55.5. The van der Waals surface area contributed by atoms with Gasteiger partial charge in [-0.25, -0.2) is 9.97 Å². The minimum atomic E-state index is 0.715. The SMILES string of the molecule is c1ccc(-c2cccc(-c3cc(-c4ccccc4-c4cccc5sc6ccccc6c45)nc(-c4ccccc4)n3)c2)cc1. The summed E-state index contributed by atoms with van der Waals surface area (Å²) in [5, 5.41) is 2.59. The van der Waals surface area contributed by atoms with Crippen LogP contribution in [0.25, 0.3) is 76.3 Å². The Bertz CT molecular complexity index is 2230. The molecule has 8 rings (SSSR count). The molecule has 0 unspecified atom stereocenters. The molecule has 2 heterocycles. The molecule has 3 heteroatoms. The third-order valence-electron chi connectivity index (χ3n) is 7.92. The zero-order chi connectivity index (χ0) is 28.6. The van der Waals surface area contributed by atoms with Crippen molar-refractivity contribution >= 4 is 31.5 Å². The highest BCUT2D eigenvalue weighted by molar-refractivity contribution is 7.25. The van der Waals surface area contributed by atoms with E-state index in [0.29, 0.717) is 5.82 Å². The lowest BCUT2D eigenvalue weighted by atomic mass is 9.93. The first-order valence-electron chi connectivity index (χ1n) is 14.4. The summed E-state index contributed by atoms with van der Waals surface area (Å²) in [4.78, 5) is 10.3. The van der Waals surface area contributed by atoms with E-state index < -0.39 is 0 Å². The number of hydrogen-bond donors (Lipinski definition) is 0. The van der Waals surface area contributed by atoms with Crippen LogP contribution >= 0.6 is 11.3 Å².